The molecule has 0 atom stereocenters. The Balaban J connectivity index is 2.25. The van der Waals surface area contributed by atoms with E-state index < -0.39 is 0 Å². The van der Waals surface area contributed by atoms with Crippen LogP contribution in [-0.4, -0.2) is 14.8 Å². The first-order valence-electron chi connectivity index (χ1n) is 4.54. The van der Waals surface area contributed by atoms with Crippen LogP contribution >= 0.6 is 0 Å². The molecule has 0 saturated heterocycles. The second kappa shape index (κ2) is 3.68. The second-order valence-corrected chi connectivity index (χ2v) is 3.38. The third-order valence-corrected chi connectivity index (χ3v) is 2.09. The van der Waals surface area contributed by atoms with Gasteiger partial charge in [-0.15, -0.1) is 0 Å². The Kier molecular flexibility index (Phi) is 2.37. The number of pyridine rings is 1. The number of aryl methyl sites for hydroxylation is 1. The lowest BCUT2D eigenvalue weighted by Gasteiger charge is -2.03. The van der Waals surface area contributed by atoms with Gasteiger partial charge in [0.05, 0.1) is 12.7 Å². The van der Waals surface area contributed by atoms with Crippen molar-refractivity contribution in [1.82, 2.24) is 14.8 Å². The molecule has 0 aliphatic carbocycles. The van der Waals surface area contributed by atoms with Crippen LogP contribution in [0, 0.1) is 12.7 Å². The molecule has 4 nitrogen and oxygen atoms in total. The van der Waals surface area contributed by atoms with E-state index in [0.717, 1.165) is 11.3 Å². The van der Waals surface area contributed by atoms with Gasteiger partial charge >= 0.3 is 0 Å². The zero-order valence-electron chi connectivity index (χ0n) is 8.31. The van der Waals surface area contributed by atoms with Crippen molar-refractivity contribution in [3.05, 3.63) is 41.6 Å². The third kappa shape index (κ3) is 2.12. The summed E-state index contributed by atoms with van der Waals surface area (Å²) < 4.78 is 14.6. The second-order valence-electron chi connectivity index (χ2n) is 3.38. The molecule has 0 unspecified atom stereocenters. The van der Waals surface area contributed by atoms with E-state index in [4.69, 9.17) is 5.73 Å². The van der Waals surface area contributed by atoms with Crippen LogP contribution in [-0.2, 0) is 6.54 Å². The minimum absolute atomic E-state index is 0.342. The average molecular weight is 206 g/mol. The predicted octanol–water partition coefficient (Wildman–Crippen LogP) is 1.36. The predicted molar refractivity (Wildman–Crippen MR) is 54.7 cm³/mol. The lowest BCUT2D eigenvalue weighted by atomic mass is 10.3. The van der Waals surface area contributed by atoms with Gasteiger partial charge in [0.1, 0.15) is 11.6 Å². The fourth-order valence-corrected chi connectivity index (χ4v) is 1.41. The first-order valence-corrected chi connectivity index (χ1v) is 4.54. The van der Waals surface area contributed by atoms with Crippen molar-refractivity contribution in [3.63, 3.8) is 0 Å². The molecule has 15 heavy (non-hydrogen) atoms. The van der Waals surface area contributed by atoms with Gasteiger partial charge in [-0.25, -0.2) is 4.39 Å². The van der Waals surface area contributed by atoms with Crippen molar-refractivity contribution in [2.45, 2.75) is 13.5 Å². The van der Waals surface area contributed by atoms with Crippen LogP contribution in [0.4, 0.5) is 10.2 Å². The van der Waals surface area contributed by atoms with Crippen molar-refractivity contribution in [2.24, 2.45) is 0 Å². The Bertz CT molecular complexity index is 478. The fraction of sp³-hybridized carbons (Fsp3) is 0.200. The maximum atomic E-state index is 12.9. The van der Waals surface area contributed by atoms with Crippen molar-refractivity contribution >= 4 is 5.82 Å². The number of aromatic nitrogens is 3. The normalized spacial score (nSPS) is 10.5. The largest absolute Gasteiger partial charge is 0.382 e. The summed E-state index contributed by atoms with van der Waals surface area (Å²) in [5, 5.41) is 4.08. The summed E-state index contributed by atoms with van der Waals surface area (Å²) in [5.74, 6) is 0.127. The SMILES string of the molecule is Cc1cc(N)nn1Cc1cncc(F)c1. The van der Waals surface area contributed by atoms with E-state index in [-0.39, 0.29) is 5.82 Å². The molecule has 0 spiro atoms. The molecule has 0 aliphatic rings. The van der Waals surface area contributed by atoms with Crippen molar-refractivity contribution in [3.8, 4) is 0 Å². The van der Waals surface area contributed by atoms with Crippen molar-refractivity contribution in [2.75, 3.05) is 5.73 Å². The lowest BCUT2D eigenvalue weighted by Crippen LogP contribution is -2.04. The summed E-state index contributed by atoms with van der Waals surface area (Å²) in [6.45, 7) is 2.38. The minimum Gasteiger partial charge on any atom is -0.382 e. The van der Waals surface area contributed by atoms with Crippen LogP contribution in [0.1, 0.15) is 11.3 Å². The molecule has 0 amide bonds. The highest BCUT2D eigenvalue weighted by atomic mass is 19.1. The summed E-state index contributed by atoms with van der Waals surface area (Å²) in [6.07, 6.45) is 2.79. The van der Waals surface area contributed by atoms with Crippen LogP contribution in [0.5, 0.6) is 0 Å². The lowest BCUT2D eigenvalue weighted by molar-refractivity contribution is 0.609. The Hall–Kier alpha value is -1.91. The Morgan fingerprint density at radius 2 is 2.20 bits per heavy atom. The molecular formula is C10H11FN4. The molecule has 0 fully saturated rings. The quantitative estimate of drug-likeness (QED) is 0.807. The zero-order chi connectivity index (χ0) is 10.8. The van der Waals surface area contributed by atoms with E-state index in [2.05, 4.69) is 10.1 Å². The van der Waals surface area contributed by atoms with Gasteiger partial charge in [0.25, 0.3) is 0 Å². The van der Waals surface area contributed by atoms with E-state index in [1.807, 2.05) is 6.92 Å². The number of nitrogen functional groups attached to an aromatic ring is 1. The molecule has 0 bridgehead atoms. The number of anilines is 1. The molecule has 2 aromatic rings. The molecular weight excluding hydrogens is 195 g/mol. The zero-order valence-corrected chi connectivity index (χ0v) is 8.31. The van der Waals surface area contributed by atoms with Gasteiger partial charge in [-0.1, -0.05) is 0 Å². The monoisotopic (exact) mass is 206 g/mol. The van der Waals surface area contributed by atoms with Crippen LogP contribution in [0.3, 0.4) is 0 Å². The van der Waals surface area contributed by atoms with Gasteiger partial charge in [0, 0.05) is 18.0 Å². The van der Waals surface area contributed by atoms with Crippen LogP contribution in [0.15, 0.2) is 24.5 Å². The summed E-state index contributed by atoms with van der Waals surface area (Å²) in [4.78, 5) is 3.77. The molecule has 2 N–H and O–H groups in total. The van der Waals surface area contributed by atoms with Gasteiger partial charge in [0.15, 0.2) is 0 Å². The van der Waals surface area contributed by atoms with Crippen LogP contribution in [0.2, 0.25) is 0 Å². The summed E-state index contributed by atoms with van der Waals surface area (Å²) in [7, 11) is 0. The number of hydrogen-bond acceptors (Lipinski definition) is 3. The van der Waals surface area contributed by atoms with Crippen molar-refractivity contribution < 1.29 is 4.39 Å². The molecule has 2 rings (SSSR count). The van der Waals surface area contributed by atoms with Gasteiger partial charge in [-0.2, -0.15) is 5.10 Å². The van der Waals surface area contributed by atoms with E-state index in [0.29, 0.717) is 12.4 Å². The Morgan fingerprint density at radius 1 is 1.40 bits per heavy atom. The van der Waals surface area contributed by atoms with Crippen LogP contribution in [0.25, 0.3) is 0 Å². The van der Waals surface area contributed by atoms with Crippen molar-refractivity contribution in [1.29, 1.82) is 0 Å². The summed E-state index contributed by atoms with van der Waals surface area (Å²) >= 11 is 0. The van der Waals surface area contributed by atoms with E-state index in [9.17, 15) is 4.39 Å². The van der Waals surface area contributed by atoms with Gasteiger partial charge in [-0.3, -0.25) is 9.67 Å². The van der Waals surface area contributed by atoms with E-state index in [1.54, 1.807) is 16.9 Å². The number of hydrogen-bond donors (Lipinski definition) is 1. The first-order chi connectivity index (χ1) is 7.15. The molecule has 2 aromatic heterocycles. The highest BCUT2D eigenvalue weighted by Gasteiger charge is 2.03. The molecule has 0 radical (unpaired) electrons. The molecule has 0 aromatic carbocycles. The van der Waals surface area contributed by atoms with E-state index >= 15 is 0 Å². The highest BCUT2D eigenvalue weighted by Crippen LogP contribution is 2.08. The molecule has 0 saturated carbocycles. The third-order valence-electron chi connectivity index (χ3n) is 2.09. The smallest absolute Gasteiger partial charge is 0.145 e. The standard InChI is InChI=1S/C10H11FN4/c1-7-2-10(12)14-15(7)6-8-3-9(11)5-13-4-8/h2-5H,6H2,1H3,(H2,12,14). The maximum absolute atomic E-state index is 12.9. The molecule has 5 heteroatoms. The summed E-state index contributed by atoms with van der Waals surface area (Å²) in [6, 6.07) is 3.21. The van der Waals surface area contributed by atoms with Gasteiger partial charge < -0.3 is 5.73 Å². The molecule has 0 aliphatic heterocycles. The number of nitrogens with zero attached hydrogens (tertiary/aromatic N) is 3. The summed E-state index contributed by atoms with van der Waals surface area (Å²) in [5.41, 5.74) is 7.25. The Morgan fingerprint density at radius 3 is 2.80 bits per heavy atom. The minimum atomic E-state index is -0.342. The fourth-order valence-electron chi connectivity index (χ4n) is 1.41. The van der Waals surface area contributed by atoms with Crippen LogP contribution < -0.4 is 5.73 Å². The molecule has 2 heterocycles. The average Bonchev–Trinajstić information content (AvgIpc) is 2.45. The number of halogens is 1. The highest BCUT2D eigenvalue weighted by molar-refractivity contribution is 5.29. The first kappa shape index (κ1) is 9.64. The number of nitrogens with two attached hydrogens (primary N) is 1. The van der Waals surface area contributed by atoms with Gasteiger partial charge in [0.2, 0.25) is 0 Å². The molecule has 78 valence electrons. The Labute approximate surface area is 86.6 Å². The maximum Gasteiger partial charge on any atom is 0.145 e. The van der Waals surface area contributed by atoms with E-state index in [1.165, 1.54) is 12.3 Å². The topological polar surface area (TPSA) is 56.7 Å². The van der Waals surface area contributed by atoms with Gasteiger partial charge in [-0.05, 0) is 18.6 Å². The number of rotatable bonds is 2.